The van der Waals surface area contributed by atoms with E-state index in [1.54, 1.807) is 32.4 Å². The molecule has 1 amide bonds. The maximum absolute atomic E-state index is 13.7. The summed E-state index contributed by atoms with van der Waals surface area (Å²) in [6, 6.07) is 11.1. The van der Waals surface area contributed by atoms with Crippen molar-refractivity contribution >= 4 is 17.4 Å². The summed E-state index contributed by atoms with van der Waals surface area (Å²) in [7, 11) is 3.11. The van der Waals surface area contributed by atoms with E-state index in [9.17, 15) is 14.0 Å². The van der Waals surface area contributed by atoms with Crippen molar-refractivity contribution in [3.63, 3.8) is 0 Å². The van der Waals surface area contributed by atoms with Gasteiger partial charge in [-0.1, -0.05) is 26.0 Å². The Labute approximate surface area is 198 Å². The number of allylic oxidation sites excluding steroid dienone is 3. The smallest absolute Gasteiger partial charge is 0.254 e. The van der Waals surface area contributed by atoms with E-state index >= 15 is 0 Å². The van der Waals surface area contributed by atoms with Gasteiger partial charge < -0.3 is 20.1 Å². The highest BCUT2D eigenvalue weighted by atomic mass is 19.1. The van der Waals surface area contributed by atoms with E-state index in [-0.39, 0.29) is 11.2 Å². The van der Waals surface area contributed by atoms with E-state index in [4.69, 9.17) is 9.47 Å². The number of hydrogen-bond donors (Lipinski definition) is 2. The third-order valence-corrected chi connectivity index (χ3v) is 6.32. The predicted octanol–water partition coefficient (Wildman–Crippen LogP) is 5.09. The summed E-state index contributed by atoms with van der Waals surface area (Å²) >= 11 is 0. The zero-order valence-corrected chi connectivity index (χ0v) is 20.0. The number of anilines is 1. The van der Waals surface area contributed by atoms with E-state index in [2.05, 4.69) is 24.5 Å². The fraction of sp³-hybridized carbons (Fsp3) is 0.333. The number of halogens is 1. The number of amides is 1. The van der Waals surface area contributed by atoms with Crippen molar-refractivity contribution < 1.29 is 23.5 Å². The van der Waals surface area contributed by atoms with Gasteiger partial charge in [0, 0.05) is 46.3 Å². The number of dihydropyridines is 1. The highest BCUT2D eigenvalue weighted by molar-refractivity contribution is 6.10. The fourth-order valence-corrected chi connectivity index (χ4v) is 4.87. The van der Waals surface area contributed by atoms with Gasteiger partial charge in [-0.2, -0.15) is 0 Å². The lowest BCUT2D eigenvalue weighted by Crippen LogP contribution is -2.39. The van der Waals surface area contributed by atoms with Crippen molar-refractivity contribution in [3.8, 4) is 11.5 Å². The van der Waals surface area contributed by atoms with Crippen LogP contribution in [-0.4, -0.2) is 25.9 Å². The van der Waals surface area contributed by atoms with Crippen molar-refractivity contribution in [2.75, 3.05) is 19.5 Å². The van der Waals surface area contributed by atoms with Crippen LogP contribution in [0.15, 0.2) is 65.0 Å². The minimum Gasteiger partial charge on any atom is -0.497 e. The molecule has 1 heterocycles. The number of ketones is 1. The molecule has 7 heteroatoms. The number of methoxy groups -OCH3 is 2. The maximum atomic E-state index is 13.7. The third-order valence-electron chi connectivity index (χ3n) is 6.32. The molecule has 34 heavy (non-hydrogen) atoms. The molecule has 2 aromatic carbocycles. The molecule has 2 N–H and O–H groups in total. The quantitative estimate of drug-likeness (QED) is 0.645. The van der Waals surface area contributed by atoms with Gasteiger partial charge in [-0.25, -0.2) is 4.39 Å². The molecule has 0 bridgehead atoms. The first-order valence-corrected chi connectivity index (χ1v) is 11.2. The normalized spacial score (nSPS) is 19.4. The van der Waals surface area contributed by atoms with Crippen LogP contribution in [0.25, 0.3) is 0 Å². The Balaban J connectivity index is 1.86. The lowest BCUT2D eigenvalue weighted by molar-refractivity contribution is -0.118. The second-order valence-electron chi connectivity index (χ2n) is 9.50. The lowest BCUT2D eigenvalue weighted by Gasteiger charge is -2.40. The Hall–Kier alpha value is -3.61. The predicted molar refractivity (Wildman–Crippen MR) is 128 cm³/mol. The van der Waals surface area contributed by atoms with E-state index in [1.807, 2.05) is 13.0 Å². The summed E-state index contributed by atoms with van der Waals surface area (Å²) in [6.45, 7) is 5.94. The number of carbonyl (C=O) groups excluding carboxylic acids is 2. The Morgan fingerprint density at radius 2 is 1.88 bits per heavy atom. The molecule has 2 aromatic rings. The van der Waals surface area contributed by atoms with Crippen molar-refractivity contribution in [2.24, 2.45) is 5.41 Å². The summed E-state index contributed by atoms with van der Waals surface area (Å²) < 4.78 is 24.7. The van der Waals surface area contributed by atoms with Crippen LogP contribution in [0.1, 0.15) is 45.1 Å². The van der Waals surface area contributed by atoms with Gasteiger partial charge in [0.05, 0.1) is 20.1 Å². The van der Waals surface area contributed by atoms with E-state index in [1.165, 1.54) is 18.2 Å². The van der Waals surface area contributed by atoms with Crippen LogP contribution in [0, 0.1) is 11.2 Å². The fourth-order valence-electron chi connectivity index (χ4n) is 4.87. The van der Waals surface area contributed by atoms with Crippen molar-refractivity contribution in [1.82, 2.24) is 5.32 Å². The zero-order chi connectivity index (χ0) is 24.6. The van der Waals surface area contributed by atoms with Gasteiger partial charge in [0.15, 0.2) is 5.78 Å². The first kappa shape index (κ1) is 23.5. The molecule has 0 spiro atoms. The van der Waals surface area contributed by atoms with Crippen molar-refractivity contribution in [2.45, 2.75) is 39.5 Å². The molecule has 4 rings (SSSR count). The molecule has 2 aliphatic rings. The molecule has 0 radical (unpaired) electrons. The van der Waals surface area contributed by atoms with Crippen LogP contribution in [0.2, 0.25) is 0 Å². The maximum Gasteiger partial charge on any atom is 0.254 e. The summed E-state index contributed by atoms with van der Waals surface area (Å²) in [6.07, 6.45) is 1.06. The molecule has 0 fully saturated rings. The van der Waals surface area contributed by atoms with Crippen LogP contribution in [-0.2, 0) is 9.59 Å². The molecule has 1 atom stereocenters. The zero-order valence-electron chi connectivity index (χ0n) is 20.0. The second-order valence-corrected chi connectivity index (χ2v) is 9.50. The molecular formula is C27H29FN2O4. The Morgan fingerprint density at radius 1 is 1.12 bits per heavy atom. The van der Waals surface area contributed by atoms with Crippen LogP contribution >= 0.6 is 0 Å². The average molecular weight is 465 g/mol. The van der Waals surface area contributed by atoms with Crippen molar-refractivity contribution in [3.05, 3.63) is 76.4 Å². The molecule has 0 unspecified atom stereocenters. The van der Waals surface area contributed by atoms with E-state index in [0.29, 0.717) is 52.4 Å². The number of carbonyl (C=O) groups is 2. The molecule has 178 valence electrons. The van der Waals surface area contributed by atoms with Crippen molar-refractivity contribution in [1.29, 1.82) is 0 Å². The number of ether oxygens (including phenoxy) is 2. The highest BCUT2D eigenvalue weighted by Crippen LogP contribution is 2.49. The first-order valence-electron chi connectivity index (χ1n) is 11.2. The lowest BCUT2D eigenvalue weighted by atomic mass is 9.68. The number of Topliss-reactive ketones (excluding diaryl/α,β-unsaturated/α-hetero) is 1. The third kappa shape index (κ3) is 4.42. The van der Waals surface area contributed by atoms with E-state index in [0.717, 1.165) is 5.70 Å². The van der Waals surface area contributed by atoms with Crippen LogP contribution < -0.4 is 20.1 Å². The van der Waals surface area contributed by atoms with Crippen LogP contribution in [0.5, 0.6) is 11.5 Å². The minimum atomic E-state index is -0.644. The van der Waals surface area contributed by atoms with Gasteiger partial charge in [-0.05, 0) is 43.0 Å². The molecule has 6 nitrogen and oxygen atoms in total. The van der Waals surface area contributed by atoms with E-state index < -0.39 is 17.6 Å². The summed E-state index contributed by atoms with van der Waals surface area (Å²) in [5.74, 6) is -0.402. The minimum absolute atomic E-state index is 0.00910. The number of benzene rings is 2. The molecule has 0 aromatic heterocycles. The largest absolute Gasteiger partial charge is 0.497 e. The highest BCUT2D eigenvalue weighted by Gasteiger charge is 2.43. The van der Waals surface area contributed by atoms with Gasteiger partial charge in [0.2, 0.25) is 0 Å². The molecule has 0 saturated heterocycles. The van der Waals surface area contributed by atoms with Crippen LogP contribution in [0.3, 0.4) is 0 Å². The van der Waals surface area contributed by atoms with Gasteiger partial charge in [-0.15, -0.1) is 0 Å². The van der Waals surface area contributed by atoms with Crippen LogP contribution in [0.4, 0.5) is 10.1 Å². The topological polar surface area (TPSA) is 76.7 Å². The Bertz CT molecular complexity index is 1230. The number of nitrogens with one attached hydrogen (secondary N) is 2. The van der Waals surface area contributed by atoms with Gasteiger partial charge in [-0.3, -0.25) is 9.59 Å². The number of hydrogen-bond acceptors (Lipinski definition) is 5. The van der Waals surface area contributed by atoms with Gasteiger partial charge >= 0.3 is 0 Å². The first-order chi connectivity index (χ1) is 16.1. The standard InChI is InChI=1S/C27H29FN2O4/c1-15-23(26(32)30-17-8-6-7-16(28)11-17)24(19-10-9-18(33-4)12-22(19)34-5)25-20(29-15)13-27(2,3)14-21(25)31/h6-12,24,29H,13-14H2,1-5H3,(H,30,32)/t24-/m0/s1. The Kier molecular flexibility index (Phi) is 6.21. The summed E-state index contributed by atoms with van der Waals surface area (Å²) in [5.41, 5.74) is 3.25. The molecule has 1 aliphatic carbocycles. The monoisotopic (exact) mass is 464 g/mol. The average Bonchev–Trinajstić information content (AvgIpc) is 2.76. The summed E-state index contributed by atoms with van der Waals surface area (Å²) in [4.78, 5) is 27.0. The van der Waals surface area contributed by atoms with Gasteiger partial charge in [0.1, 0.15) is 17.3 Å². The SMILES string of the molecule is COc1ccc([C@H]2C(C(=O)Nc3cccc(F)c3)=C(C)NC3=C2C(=O)CC(C)(C)C3)c(OC)c1. The molecule has 0 saturated carbocycles. The second kappa shape index (κ2) is 8.97. The van der Waals surface area contributed by atoms with Gasteiger partial charge in [0.25, 0.3) is 5.91 Å². The molecule has 1 aliphatic heterocycles. The summed E-state index contributed by atoms with van der Waals surface area (Å²) in [5, 5.41) is 6.12. The Morgan fingerprint density at radius 3 is 2.56 bits per heavy atom. The molecular weight excluding hydrogens is 435 g/mol. The number of rotatable bonds is 5.